The molecule has 0 aliphatic rings. The van der Waals surface area contributed by atoms with E-state index in [2.05, 4.69) is 0 Å². The summed E-state index contributed by atoms with van der Waals surface area (Å²) in [4.78, 5) is 9.91. The SMILES string of the molecule is Cc1c(C)c(O)c(C)c(C)c1O.O=C(Cl)CCCCl. The van der Waals surface area contributed by atoms with E-state index in [4.69, 9.17) is 23.2 Å². The second kappa shape index (κ2) is 8.28. The first-order valence-electron chi connectivity index (χ1n) is 5.96. The highest BCUT2D eigenvalue weighted by Crippen LogP contribution is 2.35. The molecule has 0 unspecified atom stereocenters. The Labute approximate surface area is 124 Å². The fourth-order valence-electron chi connectivity index (χ4n) is 1.48. The first kappa shape index (κ1) is 18.1. The molecule has 0 spiro atoms. The van der Waals surface area contributed by atoms with E-state index in [1.165, 1.54) is 0 Å². The second-order valence-corrected chi connectivity index (χ2v) is 5.14. The van der Waals surface area contributed by atoms with Gasteiger partial charge >= 0.3 is 0 Å². The molecule has 0 amide bonds. The van der Waals surface area contributed by atoms with Gasteiger partial charge in [-0.3, -0.25) is 4.79 Å². The van der Waals surface area contributed by atoms with Crippen LogP contribution < -0.4 is 0 Å². The molecule has 0 bridgehead atoms. The minimum Gasteiger partial charge on any atom is -0.507 e. The summed E-state index contributed by atoms with van der Waals surface area (Å²) in [6.45, 7) is 7.21. The van der Waals surface area contributed by atoms with Crippen molar-refractivity contribution >= 4 is 28.4 Å². The van der Waals surface area contributed by atoms with E-state index in [-0.39, 0.29) is 5.24 Å². The summed E-state index contributed by atoms with van der Waals surface area (Å²) in [5, 5.41) is 18.9. The number of hydrogen-bond acceptors (Lipinski definition) is 3. The van der Waals surface area contributed by atoms with Crippen molar-refractivity contribution in [2.45, 2.75) is 40.5 Å². The molecule has 1 aromatic rings. The average molecular weight is 307 g/mol. The zero-order valence-corrected chi connectivity index (χ0v) is 13.2. The molecule has 1 rings (SSSR count). The molecule has 0 aliphatic heterocycles. The van der Waals surface area contributed by atoms with Crippen LogP contribution in [-0.2, 0) is 4.79 Å². The second-order valence-electron chi connectivity index (χ2n) is 4.34. The molecule has 0 saturated carbocycles. The lowest BCUT2D eigenvalue weighted by atomic mass is 9.99. The quantitative estimate of drug-likeness (QED) is 0.502. The van der Waals surface area contributed by atoms with Crippen molar-refractivity contribution in [1.29, 1.82) is 0 Å². The van der Waals surface area contributed by atoms with E-state index in [1.54, 1.807) is 27.7 Å². The number of carbonyl (C=O) groups is 1. The molecule has 0 heterocycles. The molecule has 2 N–H and O–H groups in total. The summed E-state index contributed by atoms with van der Waals surface area (Å²) in [6.07, 6.45) is 1.08. The smallest absolute Gasteiger partial charge is 0.221 e. The largest absolute Gasteiger partial charge is 0.507 e. The maximum atomic E-state index is 9.91. The van der Waals surface area contributed by atoms with Gasteiger partial charge in [0.2, 0.25) is 5.24 Å². The van der Waals surface area contributed by atoms with Crippen LogP contribution in [0.2, 0.25) is 0 Å². The fraction of sp³-hybridized carbons (Fsp3) is 0.500. The van der Waals surface area contributed by atoms with Gasteiger partial charge in [0.25, 0.3) is 0 Å². The van der Waals surface area contributed by atoms with Gasteiger partial charge in [-0.2, -0.15) is 0 Å². The van der Waals surface area contributed by atoms with Gasteiger partial charge in [0, 0.05) is 12.3 Å². The Hall–Kier alpha value is -0.930. The van der Waals surface area contributed by atoms with Crippen LogP contribution in [0.5, 0.6) is 11.5 Å². The van der Waals surface area contributed by atoms with E-state index in [0.29, 0.717) is 30.2 Å². The molecule has 108 valence electrons. The van der Waals surface area contributed by atoms with Crippen LogP contribution in [0.3, 0.4) is 0 Å². The predicted octanol–water partition coefficient (Wildman–Crippen LogP) is 4.10. The molecule has 0 aromatic heterocycles. The van der Waals surface area contributed by atoms with Gasteiger partial charge in [-0.05, 0) is 68.0 Å². The Balaban J connectivity index is 0.000000399. The molecule has 1 aromatic carbocycles. The summed E-state index contributed by atoms with van der Waals surface area (Å²) in [7, 11) is 0. The summed E-state index contributed by atoms with van der Waals surface area (Å²) < 4.78 is 0. The minimum atomic E-state index is -0.305. The van der Waals surface area contributed by atoms with Gasteiger partial charge in [-0.15, -0.1) is 11.6 Å². The summed E-state index contributed by atoms with van der Waals surface area (Å²) in [5.74, 6) is 1.10. The predicted molar refractivity (Wildman–Crippen MR) is 79.5 cm³/mol. The summed E-state index contributed by atoms with van der Waals surface area (Å²) >= 11 is 10.2. The van der Waals surface area contributed by atoms with Crippen molar-refractivity contribution in [1.82, 2.24) is 0 Å². The summed E-state index contributed by atoms with van der Waals surface area (Å²) in [5.41, 5.74) is 3.04. The number of phenolic OH excluding ortho intramolecular Hbond substituents is 2. The number of alkyl halides is 1. The van der Waals surface area contributed by atoms with Crippen LogP contribution in [0, 0.1) is 27.7 Å². The lowest BCUT2D eigenvalue weighted by Gasteiger charge is -2.12. The average Bonchev–Trinajstić information content (AvgIpc) is 2.39. The number of carbonyl (C=O) groups excluding carboxylic acids is 1. The molecule has 0 aliphatic carbocycles. The molecule has 0 saturated heterocycles. The minimum absolute atomic E-state index is 0.294. The Morgan fingerprint density at radius 1 is 0.947 bits per heavy atom. The fourth-order valence-corrected chi connectivity index (χ4v) is 1.75. The standard InChI is InChI=1S/C10H14O2.C4H6Cl2O/c1-5-6(2)10(12)8(4)7(3)9(5)11;5-3-1-2-4(6)7/h11-12H,1-4H3;1-3H2. The van der Waals surface area contributed by atoms with E-state index >= 15 is 0 Å². The Morgan fingerprint density at radius 3 is 1.42 bits per heavy atom. The third kappa shape index (κ3) is 5.29. The van der Waals surface area contributed by atoms with Crippen LogP contribution in [0.25, 0.3) is 0 Å². The van der Waals surface area contributed by atoms with E-state index in [1.807, 2.05) is 0 Å². The van der Waals surface area contributed by atoms with Crippen molar-refractivity contribution in [2.75, 3.05) is 5.88 Å². The Morgan fingerprint density at radius 2 is 1.26 bits per heavy atom. The molecule has 19 heavy (non-hydrogen) atoms. The van der Waals surface area contributed by atoms with Crippen LogP contribution in [0.4, 0.5) is 0 Å². The monoisotopic (exact) mass is 306 g/mol. The molecular weight excluding hydrogens is 287 g/mol. The van der Waals surface area contributed by atoms with Crippen LogP contribution >= 0.6 is 23.2 Å². The van der Waals surface area contributed by atoms with Crippen molar-refractivity contribution in [3.05, 3.63) is 22.3 Å². The van der Waals surface area contributed by atoms with Crippen LogP contribution in [0.15, 0.2) is 0 Å². The van der Waals surface area contributed by atoms with Crippen molar-refractivity contribution in [3.8, 4) is 11.5 Å². The van der Waals surface area contributed by atoms with Crippen molar-refractivity contribution < 1.29 is 15.0 Å². The topological polar surface area (TPSA) is 57.5 Å². The highest BCUT2D eigenvalue weighted by molar-refractivity contribution is 6.63. The number of rotatable bonds is 3. The number of aromatic hydroxyl groups is 2. The zero-order valence-electron chi connectivity index (χ0n) is 11.7. The van der Waals surface area contributed by atoms with Gasteiger partial charge in [0.05, 0.1) is 0 Å². The number of hydrogen-bond donors (Lipinski definition) is 2. The van der Waals surface area contributed by atoms with Gasteiger partial charge in [0.1, 0.15) is 11.5 Å². The van der Waals surface area contributed by atoms with Gasteiger partial charge in [0.15, 0.2) is 0 Å². The molecule has 5 heteroatoms. The van der Waals surface area contributed by atoms with Crippen LogP contribution in [0.1, 0.15) is 35.1 Å². The molecular formula is C14H20Cl2O3. The molecule has 0 fully saturated rings. The lowest BCUT2D eigenvalue weighted by molar-refractivity contribution is -0.111. The van der Waals surface area contributed by atoms with Crippen molar-refractivity contribution in [2.24, 2.45) is 0 Å². The lowest BCUT2D eigenvalue weighted by Crippen LogP contribution is -1.91. The third-order valence-corrected chi connectivity index (χ3v) is 3.51. The highest BCUT2D eigenvalue weighted by atomic mass is 35.5. The number of phenols is 2. The molecule has 3 nitrogen and oxygen atoms in total. The number of benzene rings is 1. The Kier molecular flexibility index (Phi) is 7.88. The van der Waals surface area contributed by atoms with Crippen LogP contribution in [-0.4, -0.2) is 21.3 Å². The van der Waals surface area contributed by atoms with Gasteiger partial charge < -0.3 is 10.2 Å². The van der Waals surface area contributed by atoms with Crippen molar-refractivity contribution in [3.63, 3.8) is 0 Å². The third-order valence-electron chi connectivity index (χ3n) is 3.05. The maximum Gasteiger partial charge on any atom is 0.221 e. The van der Waals surface area contributed by atoms with E-state index < -0.39 is 0 Å². The van der Waals surface area contributed by atoms with E-state index in [0.717, 1.165) is 22.3 Å². The maximum absolute atomic E-state index is 9.91. The summed E-state index contributed by atoms with van der Waals surface area (Å²) in [6, 6.07) is 0. The number of halogens is 2. The molecule has 0 atom stereocenters. The van der Waals surface area contributed by atoms with Gasteiger partial charge in [-0.1, -0.05) is 0 Å². The molecule has 0 radical (unpaired) electrons. The normalized spacial score (nSPS) is 9.79. The first-order chi connectivity index (χ1) is 8.73. The first-order valence-corrected chi connectivity index (χ1v) is 6.87. The Bertz CT molecular complexity index is 351. The van der Waals surface area contributed by atoms with E-state index in [9.17, 15) is 15.0 Å². The van der Waals surface area contributed by atoms with Gasteiger partial charge in [-0.25, -0.2) is 0 Å². The highest BCUT2D eigenvalue weighted by Gasteiger charge is 2.12. The zero-order chi connectivity index (χ0) is 15.2.